The van der Waals surface area contributed by atoms with Crippen molar-refractivity contribution in [3.63, 3.8) is 0 Å². The Labute approximate surface area is 194 Å². The standard InChI is InChI=1S/C25H21BrN2O2S/c1-16(30-22-14-10-20(26)11-15-22)24(29)27-21-12-8-18(9-13-21)23-17(2)31-25(28-23)19-6-4-3-5-7-19/h3-16H,1-2H3,(H,27,29). The second-order valence-electron chi connectivity index (χ2n) is 7.07. The first kappa shape index (κ1) is 21.3. The van der Waals surface area contributed by atoms with Crippen LogP contribution in [-0.4, -0.2) is 17.0 Å². The van der Waals surface area contributed by atoms with Crippen LogP contribution >= 0.6 is 27.3 Å². The molecule has 0 fully saturated rings. The van der Waals surface area contributed by atoms with Gasteiger partial charge in [-0.1, -0.05) is 58.4 Å². The highest BCUT2D eigenvalue weighted by molar-refractivity contribution is 9.10. The number of anilines is 1. The molecule has 1 amide bonds. The Morgan fingerprint density at radius 3 is 2.32 bits per heavy atom. The lowest BCUT2D eigenvalue weighted by molar-refractivity contribution is -0.122. The first-order valence-electron chi connectivity index (χ1n) is 9.86. The predicted molar refractivity (Wildman–Crippen MR) is 131 cm³/mol. The lowest BCUT2D eigenvalue weighted by atomic mass is 10.1. The highest BCUT2D eigenvalue weighted by Gasteiger charge is 2.16. The summed E-state index contributed by atoms with van der Waals surface area (Å²) in [6.07, 6.45) is -0.616. The van der Waals surface area contributed by atoms with Gasteiger partial charge in [0.05, 0.1) is 5.69 Å². The molecule has 1 aromatic heterocycles. The number of hydrogen-bond acceptors (Lipinski definition) is 4. The van der Waals surface area contributed by atoms with Crippen LogP contribution in [0.1, 0.15) is 11.8 Å². The fraction of sp³-hybridized carbons (Fsp3) is 0.120. The minimum Gasteiger partial charge on any atom is -0.481 e. The maximum Gasteiger partial charge on any atom is 0.265 e. The molecule has 156 valence electrons. The summed E-state index contributed by atoms with van der Waals surface area (Å²) in [5.41, 5.74) is 3.82. The van der Waals surface area contributed by atoms with Gasteiger partial charge in [-0.05, 0) is 50.2 Å². The zero-order valence-corrected chi connectivity index (χ0v) is 19.5. The van der Waals surface area contributed by atoms with E-state index in [0.29, 0.717) is 5.75 Å². The van der Waals surface area contributed by atoms with Gasteiger partial charge in [0.2, 0.25) is 0 Å². The smallest absolute Gasteiger partial charge is 0.265 e. The monoisotopic (exact) mass is 492 g/mol. The molecule has 1 N–H and O–H groups in total. The Kier molecular flexibility index (Phi) is 6.49. The van der Waals surface area contributed by atoms with E-state index in [2.05, 4.69) is 40.3 Å². The third-order valence-corrected chi connectivity index (χ3v) is 6.29. The van der Waals surface area contributed by atoms with Gasteiger partial charge in [0, 0.05) is 26.2 Å². The fourth-order valence-electron chi connectivity index (χ4n) is 3.09. The van der Waals surface area contributed by atoms with Crippen molar-refractivity contribution in [2.75, 3.05) is 5.32 Å². The van der Waals surface area contributed by atoms with Gasteiger partial charge in [0.15, 0.2) is 6.10 Å². The summed E-state index contributed by atoms with van der Waals surface area (Å²) >= 11 is 5.07. The highest BCUT2D eigenvalue weighted by atomic mass is 79.9. The van der Waals surface area contributed by atoms with E-state index in [1.165, 1.54) is 0 Å². The zero-order chi connectivity index (χ0) is 21.8. The average molecular weight is 493 g/mol. The number of aryl methyl sites for hydroxylation is 1. The first-order valence-corrected chi connectivity index (χ1v) is 11.5. The van der Waals surface area contributed by atoms with Crippen LogP contribution in [0.25, 0.3) is 21.8 Å². The Bertz CT molecular complexity index is 1170. The zero-order valence-electron chi connectivity index (χ0n) is 17.1. The molecule has 1 unspecified atom stereocenters. The minimum atomic E-state index is -0.616. The van der Waals surface area contributed by atoms with Gasteiger partial charge in [-0.25, -0.2) is 4.98 Å². The van der Waals surface area contributed by atoms with E-state index in [1.807, 2.05) is 66.7 Å². The molecule has 4 nitrogen and oxygen atoms in total. The maximum absolute atomic E-state index is 12.5. The number of carbonyl (C=O) groups excluding carboxylic acids is 1. The molecule has 1 heterocycles. The number of carbonyl (C=O) groups is 1. The number of nitrogens with one attached hydrogen (secondary N) is 1. The average Bonchev–Trinajstić information content (AvgIpc) is 3.18. The number of aromatic nitrogens is 1. The molecule has 0 spiro atoms. The molecule has 4 aromatic rings. The van der Waals surface area contributed by atoms with E-state index < -0.39 is 6.10 Å². The first-order chi connectivity index (χ1) is 15.0. The van der Waals surface area contributed by atoms with Crippen LogP contribution in [0.3, 0.4) is 0 Å². The van der Waals surface area contributed by atoms with Crippen LogP contribution in [0.4, 0.5) is 5.69 Å². The maximum atomic E-state index is 12.5. The molecule has 0 aliphatic heterocycles. The molecule has 0 bridgehead atoms. The van der Waals surface area contributed by atoms with Crippen LogP contribution in [0.15, 0.2) is 83.3 Å². The molecular formula is C25H21BrN2O2S. The summed E-state index contributed by atoms with van der Waals surface area (Å²) in [5.74, 6) is 0.446. The van der Waals surface area contributed by atoms with Crippen molar-refractivity contribution in [1.82, 2.24) is 4.98 Å². The largest absolute Gasteiger partial charge is 0.481 e. The lowest BCUT2D eigenvalue weighted by Gasteiger charge is -2.15. The second-order valence-corrected chi connectivity index (χ2v) is 9.19. The van der Waals surface area contributed by atoms with E-state index in [4.69, 9.17) is 9.72 Å². The lowest BCUT2D eigenvalue weighted by Crippen LogP contribution is -2.30. The molecule has 0 radical (unpaired) electrons. The molecule has 0 saturated heterocycles. The molecule has 3 aromatic carbocycles. The summed E-state index contributed by atoms with van der Waals surface area (Å²) in [4.78, 5) is 18.5. The quantitative estimate of drug-likeness (QED) is 0.316. The number of amides is 1. The van der Waals surface area contributed by atoms with Gasteiger partial charge < -0.3 is 10.1 Å². The molecule has 0 aliphatic carbocycles. The van der Waals surface area contributed by atoms with Crippen LogP contribution in [0, 0.1) is 6.92 Å². The van der Waals surface area contributed by atoms with Gasteiger partial charge >= 0.3 is 0 Å². The van der Waals surface area contributed by atoms with E-state index in [9.17, 15) is 4.79 Å². The minimum absolute atomic E-state index is 0.202. The van der Waals surface area contributed by atoms with Crippen molar-refractivity contribution in [3.8, 4) is 27.6 Å². The van der Waals surface area contributed by atoms with Crippen molar-refractivity contribution in [2.24, 2.45) is 0 Å². The van der Waals surface area contributed by atoms with Crippen molar-refractivity contribution < 1.29 is 9.53 Å². The molecule has 0 aliphatic rings. The van der Waals surface area contributed by atoms with Gasteiger partial charge in [-0.2, -0.15) is 0 Å². The van der Waals surface area contributed by atoms with Crippen molar-refractivity contribution in [1.29, 1.82) is 0 Å². The summed E-state index contributed by atoms with van der Waals surface area (Å²) in [5, 5.41) is 3.91. The Hall–Kier alpha value is -2.96. The topological polar surface area (TPSA) is 51.2 Å². The van der Waals surface area contributed by atoms with E-state index >= 15 is 0 Å². The number of halogens is 1. The molecular weight excluding hydrogens is 472 g/mol. The van der Waals surface area contributed by atoms with Gasteiger partial charge in [-0.3, -0.25) is 4.79 Å². The summed E-state index contributed by atoms with van der Waals surface area (Å²) in [6.45, 7) is 3.81. The third kappa shape index (κ3) is 5.21. The van der Waals surface area contributed by atoms with Crippen molar-refractivity contribution >= 4 is 38.9 Å². The Balaban J connectivity index is 1.43. The van der Waals surface area contributed by atoms with Crippen molar-refractivity contribution in [2.45, 2.75) is 20.0 Å². The van der Waals surface area contributed by atoms with Gasteiger partial charge in [-0.15, -0.1) is 11.3 Å². The summed E-state index contributed by atoms with van der Waals surface area (Å²) < 4.78 is 6.68. The molecule has 31 heavy (non-hydrogen) atoms. The molecule has 1 atom stereocenters. The van der Waals surface area contributed by atoms with Gasteiger partial charge in [0.25, 0.3) is 5.91 Å². The van der Waals surface area contributed by atoms with Crippen LogP contribution in [-0.2, 0) is 4.79 Å². The van der Waals surface area contributed by atoms with E-state index in [-0.39, 0.29) is 5.91 Å². The summed E-state index contributed by atoms with van der Waals surface area (Å²) in [6, 6.07) is 25.3. The fourth-order valence-corrected chi connectivity index (χ4v) is 4.30. The normalized spacial score (nSPS) is 11.7. The number of nitrogens with zero attached hydrogens (tertiary/aromatic N) is 1. The van der Waals surface area contributed by atoms with E-state index in [0.717, 1.165) is 36.9 Å². The number of thiazole rings is 1. The van der Waals surface area contributed by atoms with E-state index in [1.54, 1.807) is 18.3 Å². The molecule has 6 heteroatoms. The highest BCUT2D eigenvalue weighted by Crippen LogP contribution is 2.33. The number of ether oxygens (including phenoxy) is 1. The van der Waals surface area contributed by atoms with Crippen LogP contribution < -0.4 is 10.1 Å². The van der Waals surface area contributed by atoms with Crippen LogP contribution in [0.5, 0.6) is 5.75 Å². The molecule has 0 saturated carbocycles. The third-order valence-electron chi connectivity index (χ3n) is 4.74. The van der Waals surface area contributed by atoms with Crippen LogP contribution in [0.2, 0.25) is 0 Å². The summed E-state index contributed by atoms with van der Waals surface area (Å²) in [7, 11) is 0. The second kappa shape index (κ2) is 9.45. The molecule has 4 rings (SSSR count). The number of hydrogen-bond donors (Lipinski definition) is 1. The number of rotatable bonds is 6. The van der Waals surface area contributed by atoms with Crippen molar-refractivity contribution in [3.05, 3.63) is 88.2 Å². The Morgan fingerprint density at radius 1 is 0.968 bits per heavy atom. The predicted octanol–water partition coefficient (Wildman–Crippen LogP) is 6.95. The van der Waals surface area contributed by atoms with Gasteiger partial charge in [0.1, 0.15) is 10.8 Å². The number of benzene rings is 3. The Morgan fingerprint density at radius 2 is 1.65 bits per heavy atom. The SMILES string of the molecule is Cc1sc(-c2ccccc2)nc1-c1ccc(NC(=O)C(C)Oc2ccc(Br)cc2)cc1.